The lowest BCUT2D eigenvalue weighted by atomic mass is 9.52. The molecule has 0 aliphatic carbocycles. The minimum absolute atomic E-state index is 0.0979. The summed E-state index contributed by atoms with van der Waals surface area (Å²) >= 11 is 0. The summed E-state index contributed by atoms with van der Waals surface area (Å²) in [6.07, 6.45) is 6.38. The van der Waals surface area contributed by atoms with E-state index in [-0.39, 0.29) is 28.5 Å². The Morgan fingerprint density at radius 3 is 2.72 bits per heavy atom. The highest BCUT2D eigenvalue weighted by Crippen LogP contribution is 2.73. The van der Waals surface area contributed by atoms with Gasteiger partial charge in [-0.05, 0) is 74.9 Å². The summed E-state index contributed by atoms with van der Waals surface area (Å²) in [5, 5.41) is 16.6. The second-order valence-corrected chi connectivity index (χ2v) is 17.1. The monoisotopic (exact) mass is 676 g/mol. The van der Waals surface area contributed by atoms with Gasteiger partial charge in [0.15, 0.2) is 5.79 Å². The number of rotatable bonds is 1. The first-order valence-electron chi connectivity index (χ1n) is 18.9. The summed E-state index contributed by atoms with van der Waals surface area (Å²) in [7, 11) is 6.07. The van der Waals surface area contributed by atoms with Gasteiger partial charge in [0.2, 0.25) is 5.72 Å². The lowest BCUT2D eigenvalue weighted by Gasteiger charge is -2.75. The molecule has 9 heteroatoms. The van der Waals surface area contributed by atoms with Crippen LogP contribution < -0.4 is 4.90 Å². The Kier molecular flexibility index (Phi) is 5.84. The second kappa shape index (κ2) is 9.61. The van der Waals surface area contributed by atoms with Gasteiger partial charge in [-0.25, -0.2) is 4.79 Å². The van der Waals surface area contributed by atoms with E-state index < -0.39 is 23.0 Å². The van der Waals surface area contributed by atoms with Gasteiger partial charge in [-0.2, -0.15) is 0 Å². The van der Waals surface area contributed by atoms with Gasteiger partial charge in [0.25, 0.3) is 0 Å². The van der Waals surface area contributed by atoms with Crippen molar-refractivity contribution in [3.8, 4) is 0 Å². The van der Waals surface area contributed by atoms with Crippen molar-refractivity contribution in [1.29, 1.82) is 0 Å². The third-order valence-electron chi connectivity index (χ3n) is 15.8. The predicted molar refractivity (Wildman–Crippen MR) is 189 cm³/mol. The van der Waals surface area contributed by atoms with E-state index >= 15 is 5.21 Å². The second-order valence-electron chi connectivity index (χ2n) is 17.1. The van der Waals surface area contributed by atoms with Gasteiger partial charge in [0.1, 0.15) is 18.6 Å². The molecule has 6 saturated heterocycles. The molecule has 0 N–H and O–H groups in total. The van der Waals surface area contributed by atoms with E-state index in [0.29, 0.717) is 50.0 Å². The molecule has 12 atom stereocenters. The van der Waals surface area contributed by atoms with Crippen molar-refractivity contribution in [2.45, 2.75) is 87.0 Å². The quantitative estimate of drug-likeness (QED) is 0.145. The fraction of sp³-hybridized carbons (Fsp3) is 0.585. The number of carbonyl (C=O) groups is 1. The van der Waals surface area contributed by atoms with Gasteiger partial charge < -0.3 is 33.5 Å². The Labute approximate surface area is 293 Å². The number of anilines is 1. The SMILES string of the molecule is C/C=C1/C[N+]2([O-])CC[C@@]34C[C@H]5[C@@H]6C[C@H]7c8c(c9ccccc9n8C)C[C@@H]([C@@H]6CO[C@@]5(C)O[C@@]35[C@@H]2C[C@@H]1[C@@H](C(=O)OC)N5c1ccccc14)N7C. The molecule has 2 aromatic carbocycles. The first-order valence-corrected chi connectivity index (χ1v) is 18.9. The number of allylic oxidation sites excluding steroid dienone is 1. The molecule has 0 amide bonds. The van der Waals surface area contributed by atoms with Crippen molar-refractivity contribution in [3.63, 3.8) is 0 Å². The number of fused-ring (bicyclic) bond motifs is 13. The molecular weight excluding hydrogens is 628 g/mol. The number of piperidine rings is 4. The van der Waals surface area contributed by atoms with Gasteiger partial charge in [-0.15, -0.1) is 0 Å². The van der Waals surface area contributed by atoms with Crippen LogP contribution in [0.5, 0.6) is 0 Å². The normalized spacial score (nSPS) is 45.7. The zero-order chi connectivity index (χ0) is 34.1. The number of carbonyl (C=O) groups excluding carboxylic acids is 1. The number of nitrogens with zero attached hydrogens (tertiary/aromatic N) is 4. The molecule has 9 heterocycles. The number of esters is 1. The molecular formula is C41H48N4O5. The first-order chi connectivity index (χ1) is 24.1. The molecule has 9 nitrogen and oxygen atoms in total. The van der Waals surface area contributed by atoms with E-state index in [1.54, 1.807) is 0 Å². The highest BCUT2D eigenvalue weighted by Gasteiger charge is 2.82. The minimum atomic E-state index is -1.01. The molecule has 262 valence electrons. The molecule has 11 rings (SSSR count). The molecule has 0 saturated carbocycles. The van der Waals surface area contributed by atoms with E-state index in [4.69, 9.17) is 14.2 Å². The van der Waals surface area contributed by atoms with Crippen molar-refractivity contribution in [1.82, 2.24) is 9.47 Å². The lowest BCUT2D eigenvalue weighted by molar-refractivity contribution is -0.924. The highest BCUT2D eigenvalue weighted by atomic mass is 16.7. The van der Waals surface area contributed by atoms with E-state index in [1.807, 2.05) is 6.92 Å². The van der Waals surface area contributed by atoms with Crippen LogP contribution in [0.2, 0.25) is 0 Å². The van der Waals surface area contributed by atoms with Crippen molar-refractivity contribution < 1.29 is 23.7 Å². The zero-order valence-corrected chi connectivity index (χ0v) is 29.8. The number of quaternary nitrogens is 1. The Hall–Kier alpha value is -3.21. The van der Waals surface area contributed by atoms with Crippen LogP contribution in [0.1, 0.15) is 62.4 Å². The maximum absolute atomic E-state index is 15.2. The zero-order valence-electron chi connectivity index (χ0n) is 29.8. The van der Waals surface area contributed by atoms with Gasteiger partial charge >= 0.3 is 5.97 Å². The van der Waals surface area contributed by atoms with Gasteiger partial charge in [0.05, 0.1) is 31.7 Å². The third-order valence-corrected chi connectivity index (χ3v) is 15.8. The topological polar surface area (TPSA) is 79.2 Å². The van der Waals surface area contributed by atoms with Gasteiger partial charge in [-0.1, -0.05) is 42.5 Å². The number of aromatic nitrogens is 1. The number of para-hydroxylation sites is 2. The Morgan fingerprint density at radius 2 is 1.90 bits per heavy atom. The molecule has 1 unspecified atom stereocenters. The fourth-order valence-electron chi connectivity index (χ4n) is 13.8. The van der Waals surface area contributed by atoms with E-state index in [2.05, 4.69) is 90.0 Å². The Bertz CT molecular complexity index is 2030. The average Bonchev–Trinajstić information content (AvgIpc) is 3.53. The molecule has 8 aliphatic rings. The number of hydrogen-bond donors (Lipinski definition) is 0. The van der Waals surface area contributed by atoms with Crippen LogP contribution in [-0.4, -0.2) is 83.6 Å². The lowest BCUT2D eigenvalue weighted by Crippen LogP contribution is -2.88. The smallest absolute Gasteiger partial charge is 0.329 e. The predicted octanol–water partition coefficient (Wildman–Crippen LogP) is 5.56. The Morgan fingerprint density at radius 1 is 1.10 bits per heavy atom. The van der Waals surface area contributed by atoms with Crippen LogP contribution in [0, 0.1) is 28.9 Å². The number of benzene rings is 2. The van der Waals surface area contributed by atoms with Gasteiger partial charge in [-0.3, -0.25) is 4.90 Å². The van der Waals surface area contributed by atoms with E-state index in [9.17, 15) is 4.79 Å². The molecule has 1 aromatic heterocycles. The van der Waals surface area contributed by atoms with Gasteiger partial charge in [0, 0.05) is 66.0 Å². The van der Waals surface area contributed by atoms with Crippen LogP contribution >= 0.6 is 0 Å². The van der Waals surface area contributed by atoms with E-state index in [1.165, 1.54) is 34.8 Å². The first kappa shape index (κ1) is 30.4. The minimum Gasteiger partial charge on any atom is -0.632 e. The largest absolute Gasteiger partial charge is 0.632 e. The molecule has 50 heavy (non-hydrogen) atoms. The summed E-state index contributed by atoms with van der Waals surface area (Å²) in [6, 6.07) is 17.3. The van der Waals surface area contributed by atoms with Crippen molar-refractivity contribution in [3.05, 3.63) is 82.2 Å². The fourth-order valence-corrected chi connectivity index (χ4v) is 13.8. The standard InChI is InChI=1S/C41H48N4O5/c1-6-23-21-45(47)16-15-40-20-30-26-17-34-36-27(24-11-7-9-13-31(24)43(36)4)18-33(42(34)3)28(26)22-49-39(30,2)50-41(40)35(45)19-25(23)37(38(46)48-5)44(41)32-14-10-8-12-29(32)40/h6-14,25-26,28,30,33-35,37H,15-22H2,1-5H3/b23-6-/t25-,26+,28+,30-,33-,34-,35-,37-,39-,40-,41-,45?/m0/s1. The highest BCUT2D eigenvalue weighted by molar-refractivity contribution is 5.87. The number of methoxy groups -OCH3 is 1. The number of ether oxygens (including phenoxy) is 3. The number of hydroxylamine groups is 3. The number of likely N-dealkylation sites (N-methyl/N-ethyl adjacent to an activating group) is 1. The summed E-state index contributed by atoms with van der Waals surface area (Å²) in [4.78, 5) is 19.0. The molecule has 8 aliphatic heterocycles. The Balaban J connectivity index is 1.08. The van der Waals surface area contributed by atoms with Crippen LogP contribution in [0.15, 0.2) is 60.2 Å². The molecule has 3 aromatic rings. The molecule has 6 fully saturated rings. The molecule has 0 radical (unpaired) electrons. The summed E-state index contributed by atoms with van der Waals surface area (Å²) in [5.74, 6) is -0.315. The number of hydrogen-bond acceptors (Lipinski definition) is 7. The van der Waals surface area contributed by atoms with E-state index in [0.717, 1.165) is 36.9 Å². The van der Waals surface area contributed by atoms with Crippen LogP contribution in [0.3, 0.4) is 0 Å². The van der Waals surface area contributed by atoms with Crippen LogP contribution in [-0.2, 0) is 37.9 Å². The maximum Gasteiger partial charge on any atom is 0.329 e. The van der Waals surface area contributed by atoms with Crippen molar-refractivity contribution >= 4 is 22.6 Å². The number of aryl methyl sites for hydroxylation is 1. The van der Waals surface area contributed by atoms with Crippen molar-refractivity contribution in [2.75, 3.05) is 38.8 Å². The molecule has 1 spiro atoms. The van der Waals surface area contributed by atoms with Crippen molar-refractivity contribution in [2.24, 2.45) is 30.7 Å². The van der Waals surface area contributed by atoms with Crippen LogP contribution in [0.4, 0.5) is 5.69 Å². The average molecular weight is 677 g/mol. The maximum atomic E-state index is 15.2. The van der Waals surface area contributed by atoms with Crippen LogP contribution in [0.25, 0.3) is 10.9 Å². The summed E-state index contributed by atoms with van der Waals surface area (Å²) in [5.41, 5.74) is 6.19. The summed E-state index contributed by atoms with van der Waals surface area (Å²) in [6.45, 7) is 5.77. The molecule has 4 bridgehead atoms. The summed E-state index contributed by atoms with van der Waals surface area (Å²) < 4.78 is 22.7. The third kappa shape index (κ3) is 3.24.